The van der Waals surface area contributed by atoms with Crippen LogP contribution in [-0.4, -0.2) is 33.2 Å². The second-order valence-corrected chi connectivity index (χ2v) is 3.92. The maximum absolute atomic E-state index is 10.7. The number of benzene rings is 1. The molecule has 1 N–H and O–H groups in total. The molecule has 0 aliphatic heterocycles. The van der Waals surface area contributed by atoms with Gasteiger partial charge < -0.3 is 9.84 Å². The number of carboxylic acids is 1. The molecule has 94 valence electrons. The van der Waals surface area contributed by atoms with Gasteiger partial charge in [-0.3, -0.25) is 0 Å². The number of ether oxygens (including phenoxy) is 1. The van der Waals surface area contributed by atoms with Crippen molar-refractivity contribution in [3.8, 4) is 5.75 Å². The molecule has 6 nitrogen and oxygen atoms in total. The van der Waals surface area contributed by atoms with Crippen LogP contribution in [0.1, 0.15) is 21.6 Å². The number of rotatable bonds is 4. The van der Waals surface area contributed by atoms with Gasteiger partial charge in [0, 0.05) is 5.56 Å². The van der Waals surface area contributed by atoms with Gasteiger partial charge in [-0.05, 0) is 13.0 Å². The van der Waals surface area contributed by atoms with Crippen molar-refractivity contribution in [1.29, 1.82) is 0 Å². The van der Waals surface area contributed by atoms with Crippen molar-refractivity contribution in [2.45, 2.75) is 13.5 Å². The summed E-state index contributed by atoms with van der Waals surface area (Å²) in [5, 5.41) is 16.1. The molecule has 0 aliphatic carbocycles. The molecule has 6 heteroatoms. The summed E-state index contributed by atoms with van der Waals surface area (Å²) < 4.78 is 6.72. The lowest BCUT2D eigenvalue weighted by atomic mass is 10.1. The molecule has 0 saturated heterocycles. The molecule has 0 radical (unpaired) electrons. The summed E-state index contributed by atoms with van der Waals surface area (Å²) in [6.45, 7) is 2.40. The summed E-state index contributed by atoms with van der Waals surface area (Å²) in [5.74, 6) is -0.342. The number of carboxylic acid groups (broad SMARTS) is 1. The average Bonchev–Trinajstić information content (AvgIpc) is 2.78. The van der Waals surface area contributed by atoms with E-state index >= 15 is 0 Å². The van der Waals surface area contributed by atoms with Crippen LogP contribution in [0.25, 0.3) is 0 Å². The average molecular weight is 247 g/mol. The smallest absolute Gasteiger partial charge is 0.358 e. The van der Waals surface area contributed by atoms with Crippen LogP contribution in [0.2, 0.25) is 0 Å². The van der Waals surface area contributed by atoms with Crippen molar-refractivity contribution in [2.75, 3.05) is 7.11 Å². The number of aromatic nitrogens is 3. The second-order valence-electron chi connectivity index (χ2n) is 3.92. The fourth-order valence-corrected chi connectivity index (χ4v) is 1.68. The molecule has 0 fully saturated rings. The van der Waals surface area contributed by atoms with Crippen LogP contribution in [0.15, 0.2) is 24.4 Å². The first-order valence-electron chi connectivity index (χ1n) is 5.37. The Hall–Kier alpha value is -2.37. The first-order valence-corrected chi connectivity index (χ1v) is 5.37. The van der Waals surface area contributed by atoms with Crippen LogP contribution in [-0.2, 0) is 6.54 Å². The van der Waals surface area contributed by atoms with E-state index in [1.54, 1.807) is 7.11 Å². The summed E-state index contributed by atoms with van der Waals surface area (Å²) in [4.78, 5) is 10.7. The van der Waals surface area contributed by atoms with Gasteiger partial charge in [0.15, 0.2) is 5.69 Å². The van der Waals surface area contributed by atoms with E-state index < -0.39 is 5.97 Å². The minimum Gasteiger partial charge on any atom is -0.496 e. The summed E-state index contributed by atoms with van der Waals surface area (Å²) >= 11 is 0. The molecule has 0 bridgehead atoms. The van der Waals surface area contributed by atoms with E-state index in [1.807, 2.05) is 25.1 Å². The Bertz CT molecular complexity index is 578. The van der Waals surface area contributed by atoms with E-state index in [9.17, 15) is 4.79 Å². The largest absolute Gasteiger partial charge is 0.496 e. The Balaban J connectivity index is 2.27. The molecule has 1 aromatic heterocycles. The molecule has 0 atom stereocenters. The number of hydrogen-bond donors (Lipinski definition) is 1. The molecular formula is C12H13N3O3. The van der Waals surface area contributed by atoms with Crippen molar-refractivity contribution >= 4 is 5.97 Å². The van der Waals surface area contributed by atoms with E-state index in [0.29, 0.717) is 6.54 Å². The molecule has 2 rings (SSSR count). The van der Waals surface area contributed by atoms with Crippen molar-refractivity contribution in [1.82, 2.24) is 15.0 Å². The Morgan fingerprint density at radius 3 is 2.89 bits per heavy atom. The summed E-state index contributed by atoms with van der Waals surface area (Å²) in [6, 6.07) is 5.80. The lowest BCUT2D eigenvalue weighted by Crippen LogP contribution is -2.03. The van der Waals surface area contributed by atoms with E-state index in [0.717, 1.165) is 16.9 Å². The number of aryl methyl sites for hydroxylation is 1. The zero-order valence-electron chi connectivity index (χ0n) is 10.1. The number of nitrogens with zero attached hydrogens (tertiary/aromatic N) is 3. The van der Waals surface area contributed by atoms with Crippen molar-refractivity contribution < 1.29 is 14.6 Å². The maximum Gasteiger partial charge on any atom is 0.358 e. The van der Waals surface area contributed by atoms with Crippen molar-refractivity contribution in [3.63, 3.8) is 0 Å². The van der Waals surface area contributed by atoms with Crippen molar-refractivity contribution in [3.05, 3.63) is 41.2 Å². The highest BCUT2D eigenvalue weighted by Crippen LogP contribution is 2.20. The number of carbonyl (C=O) groups is 1. The van der Waals surface area contributed by atoms with Gasteiger partial charge in [0.25, 0.3) is 0 Å². The van der Waals surface area contributed by atoms with Gasteiger partial charge in [0.2, 0.25) is 0 Å². The van der Waals surface area contributed by atoms with E-state index in [4.69, 9.17) is 9.84 Å². The predicted octanol–water partition coefficient (Wildman–Crippen LogP) is 1.34. The predicted molar refractivity (Wildman–Crippen MR) is 63.8 cm³/mol. The summed E-state index contributed by atoms with van der Waals surface area (Å²) in [6.07, 6.45) is 1.39. The topological polar surface area (TPSA) is 77.2 Å². The zero-order chi connectivity index (χ0) is 13.1. The highest BCUT2D eigenvalue weighted by atomic mass is 16.5. The van der Waals surface area contributed by atoms with Crippen LogP contribution < -0.4 is 4.74 Å². The molecule has 1 heterocycles. The molecular weight excluding hydrogens is 234 g/mol. The number of aromatic carboxylic acids is 1. The van der Waals surface area contributed by atoms with Gasteiger partial charge in [0.05, 0.1) is 19.9 Å². The fourth-order valence-electron chi connectivity index (χ4n) is 1.68. The van der Waals surface area contributed by atoms with Crippen molar-refractivity contribution in [2.24, 2.45) is 0 Å². The van der Waals surface area contributed by atoms with Gasteiger partial charge in [-0.15, -0.1) is 5.10 Å². The Labute approximate surface area is 104 Å². The molecule has 0 spiro atoms. The molecule has 0 aliphatic rings. The molecule has 18 heavy (non-hydrogen) atoms. The first kappa shape index (κ1) is 12.1. The second kappa shape index (κ2) is 4.87. The number of hydrogen-bond acceptors (Lipinski definition) is 4. The van der Waals surface area contributed by atoms with E-state index in [2.05, 4.69) is 10.3 Å². The Morgan fingerprint density at radius 1 is 1.50 bits per heavy atom. The SMILES string of the molecule is COc1ccc(C)cc1Cn1cc(C(=O)O)nn1. The minimum atomic E-state index is -1.09. The van der Waals surface area contributed by atoms with Gasteiger partial charge in [-0.2, -0.15) is 0 Å². The molecule has 0 unspecified atom stereocenters. The molecule has 0 saturated carbocycles. The molecule has 1 aromatic carbocycles. The number of methoxy groups -OCH3 is 1. The highest BCUT2D eigenvalue weighted by Gasteiger charge is 2.10. The van der Waals surface area contributed by atoms with Gasteiger partial charge in [-0.25, -0.2) is 9.48 Å². The fraction of sp³-hybridized carbons (Fsp3) is 0.250. The minimum absolute atomic E-state index is 0.0679. The third-order valence-electron chi connectivity index (χ3n) is 2.53. The lowest BCUT2D eigenvalue weighted by molar-refractivity contribution is 0.0690. The normalized spacial score (nSPS) is 10.3. The maximum atomic E-state index is 10.7. The lowest BCUT2D eigenvalue weighted by Gasteiger charge is -2.08. The van der Waals surface area contributed by atoms with Crippen LogP contribution in [0, 0.1) is 6.92 Å². The Kier molecular flexibility index (Phi) is 3.27. The van der Waals surface area contributed by atoms with Gasteiger partial charge in [0.1, 0.15) is 5.75 Å². The Morgan fingerprint density at radius 2 is 2.28 bits per heavy atom. The third-order valence-corrected chi connectivity index (χ3v) is 2.53. The summed E-state index contributed by atoms with van der Waals surface area (Å²) in [7, 11) is 1.60. The standard InChI is InChI=1S/C12H13N3O3/c1-8-3-4-11(18-2)9(5-8)6-15-7-10(12(16)17)13-14-15/h3-5,7H,6H2,1-2H3,(H,16,17). The third kappa shape index (κ3) is 2.48. The van der Waals surface area contributed by atoms with E-state index in [-0.39, 0.29) is 5.69 Å². The quantitative estimate of drug-likeness (QED) is 0.882. The zero-order valence-corrected chi connectivity index (χ0v) is 10.1. The van der Waals surface area contributed by atoms with Crippen LogP contribution in [0.4, 0.5) is 0 Å². The van der Waals surface area contributed by atoms with E-state index in [1.165, 1.54) is 10.9 Å². The monoisotopic (exact) mass is 247 g/mol. The van der Waals surface area contributed by atoms with Crippen LogP contribution in [0.3, 0.4) is 0 Å². The van der Waals surface area contributed by atoms with Crippen LogP contribution in [0.5, 0.6) is 5.75 Å². The summed E-state index contributed by atoms with van der Waals surface area (Å²) in [5.41, 5.74) is 1.96. The highest BCUT2D eigenvalue weighted by molar-refractivity contribution is 5.84. The molecule has 0 amide bonds. The van der Waals surface area contributed by atoms with Gasteiger partial charge >= 0.3 is 5.97 Å². The van der Waals surface area contributed by atoms with Gasteiger partial charge in [-0.1, -0.05) is 22.9 Å². The first-order chi connectivity index (χ1) is 8.60. The molecule has 2 aromatic rings. The van der Waals surface area contributed by atoms with Crippen LogP contribution >= 0.6 is 0 Å².